The third kappa shape index (κ3) is 1.73. The van der Waals surface area contributed by atoms with Gasteiger partial charge in [-0.1, -0.05) is 20.8 Å². The quantitative estimate of drug-likeness (QED) is 0.547. The van der Waals surface area contributed by atoms with Crippen LogP contribution >= 0.6 is 11.9 Å². The van der Waals surface area contributed by atoms with Gasteiger partial charge in [-0.3, -0.25) is 0 Å². The summed E-state index contributed by atoms with van der Waals surface area (Å²) in [5.41, 5.74) is 0.948. The molecule has 0 saturated carbocycles. The van der Waals surface area contributed by atoms with Gasteiger partial charge in [-0.25, -0.2) is 4.40 Å². The first-order valence-corrected chi connectivity index (χ1v) is 4.25. The molecule has 0 aromatic rings. The Morgan fingerprint density at radius 2 is 2.20 bits per heavy atom. The van der Waals surface area contributed by atoms with E-state index in [0.29, 0.717) is 0 Å². The third-order valence-corrected chi connectivity index (χ3v) is 2.25. The minimum Gasteiger partial charge on any atom is -0.380 e. The molecule has 0 aliphatic carbocycles. The lowest BCUT2D eigenvalue weighted by Crippen LogP contribution is -2.19. The predicted molar refractivity (Wildman–Crippen MR) is 45.1 cm³/mol. The largest absolute Gasteiger partial charge is 0.380 e. The van der Waals surface area contributed by atoms with Gasteiger partial charge in [0.15, 0.2) is 0 Å². The average Bonchev–Trinajstić information content (AvgIpc) is 2.11. The van der Waals surface area contributed by atoms with Crippen LogP contribution in [-0.4, -0.2) is 16.3 Å². The van der Waals surface area contributed by atoms with Crippen LogP contribution in [0.2, 0.25) is 0 Å². The van der Waals surface area contributed by atoms with Crippen molar-refractivity contribution in [3.63, 3.8) is 0 Å². The van der Waals surface area contributed by atoms with E-state index in [4.69, 9.17) is 5.11 Å². The summed E-state index contributed by atoms with van der Waals surface area (Å²) in [5, 5.41) is 9.11. The highest BCUT2D eigenvalue weighted by Gasteiger charge is 2.26. The van der Waals surface area contributed by atoms with Crippen LogP contribution in [0.15, 0.2) is 4.40 Å². The zero-order chi connectivity index (χ0) is 7.78. The van der Waals surface area contributed by atoms with Crippen LogP contribution in [0.4, 0.5) is 0 Å². The SMILES string of the molecule is CC(C)(C)C1=NSC(O)C1. The van der Waals surface area contributed by atoms with E-state index < -0.39 is 0 Å². The van der Waals surface area contributed by atoms with Crippen molar-refractivity contribution >= 4 is 17.7 Å². The molecular formula is C7H13NOS. The monoisotopic (exact) mass is 159 g/mol. The molecule has 0 amide bonds. The first-order valence-electron chi connectivity index (χ1n) is 3.41. The summed E-state index contributed by atoms with van der Waals surface area (Å²) in [6.45, 7) is 6.35. The fraction of sp³-hybridized carbons (Fsp3) is 0.857. The number of hydrogen-bond donors (Lipinski definition) is 1. The molecule has 1 atom stereocenters. The van der Waals surface area contributed by atoms with Crippen molar-refractivity contribution in [1.82, 2.24) is 0 Å². The van der Waals surface area contributed by atoms with Gasteiger partial charge in [-0.15, -0.1) is 0 Å². The molecule has 0 aromatic heterocycles. The van der Waals surface area contributed by atoms with E-state index in [1.165, 1.54) is 11.9 Å². The molecule has 1 unspecified atom stereocenters. The van der Waals surface area contributed by atoms with E-state index in [2.05, 4.69) is 25.2 Å². The molecule has 0 radical (unpaired) electrons. The minimum atomic E-state index is -0.297. The van der Waals surface area contributed by atoms with Gasteiger partial charge in [0, 0.05) is 29.5 Å². The summed E-state index contributed by atoms with van der Waals surface area (Å²) in [7, 11) is 0. The van der Waals surface area contributed by atoms with E-state index >= 15 is 0 Å². The number of aliphatic hydroxyl groups is 1. The van der Waals surface area contributed by atoms with Crippen molar-refractivity contribution in [2.24, 2.45) is 9.81 Å². The van der Waals surface area contributed by atoms with E-state index in [9.17, 15) is 0 Å². The lowest BCUT2D eigenvalue weighted by molar-refractivity contribution is 0.272. The van der Waals surface area contributed by atoms with E-state index in [1.54, 1.807) is 0 Å². The highest BCUT2D eigenvalue weighted by Crippen LogP contribution is 2.31. The van der Waals surface area contributed by atoms with Crippen LogP contribution in [0.3, 0.4) is 0 Å². The zero-order valence-electron chi connectivity index (χ0n) is 6.59. The van der Waals surface area contributed by atoms with E-state index in [1.807, 2.05) is 0 Å². The first kappa shape index (κ1) is 8.08. The van der Waals surface area contributed by atoms with E-state index in [0.717, 1.165) is 12.1 Å². The molecule has 1 aliphatic heterocycles. The Hall–Kier alpha value is -0.0200. The maximum absolute atomic E-state index is 9.11. The molecule has 3 heteroatoms. The molecule has 1 rings (SSSR count). The second kappa shape index (κ2) is 2.55. The van der Waals surface area contributed by atoms with Gasteiger partial charge in [0.25, 0.3) is 0 Å². The van der Waals surface area contributed by atoms with Crippen LogP contribution in [0, 0.1) is 5.41 Å². The van der Waals surface area contributed by atoms with Crippen LogP contribution in [-0.2, 0) is 0 Å². The summed E-state index contributed by atoms with van der Waals surface area (Å²) >= 11 is 1.28. The molecular weight excluding hydrogens is 146 g/mol. The Bertz CT molecular complexity index is 159. The summed E-state index contributed by atoms with van der Waals surface area (Å²) in [6, 6.07) is 0. The van der Waals surface area contributed by atoms with Crippen LogP contribution in [0.5, 0.6) is 0 Å². The van der Waals surface area contributed by atoms with Gasteiger partial charge in [-0.2, -0.15) is 0 Å². The summed E-state index contributed by atoms with van der Waals surface area (Å²) in [5.74, 6) is 0. The van der Waals surface area contributed by atoms with Gasteiger partial charge in [-0.05, 0) is 0 Å². The maximum atomic E-state index is 9.11. The lowest BCUT2D eigenvalue weighted by Gasteiger charge is -2.17. The van der Waals surface area contributed by atoms with Crippen molar-refractivity contribution < 1.29 is 5.11 Å². The van der Waals surface area contributed by atoms with Crippen molar-refractivity contribution in [2.75, 3.05) is 0 Å². The molecule has 1 N–H and O–H groups in total. The molecule has 0 aromatic carbocycles. The van der Waals surface area contributed by atoms with E-state index in [-0.39, 0.29) is 10.9 Å². The van der Waals surface area contributed by atoms with Crippen molar-refractivity contribution in [3.05, 3.63) is 0 Å². The fourth-order valence-corrected chi connectivity index (χ4v) is 1.64. The lowest BCUT2D eigenvalue weighted by atomic mass is 9.88. The summed E-state index contributed by atoms with van der Waals surface area (Å²) < 4.78 is 4.17. The molecule has 0 spiro atoms. The maximum Gasteiger partial charge on any atom is 0.126 e. The molecule has 1 heterocycles. The Morgan fingerprint density at radius 3 is 2.40 bits per heavy atom. The van der Waals surface area contributed by atoms with Crippen LogP contribution in [0.25, 0.3) is 0 Å². The normalized spacial score (nSPS) is 26.8. The first-order chi connectivity index (χ1) is 4.50. The number of nitrogens with zero attached hydrogens (tertiary/aromatic N) is 1. The van der Waals surface area contributed by atoms with Crippen molar-refractivity contribution in [1.29, 1.82) is 0 Å². The smallest absolute Gasteiger partial charge is 0.126 e. The Morgan fingerprint density at radius 1 is 1.60 bits per heavy atom. The van der Waals surface area contributed by atoms with Gasteiger partial charge >= 0.3 is 0 Å². The zero-order valence-corrected chi connectivity index (χ0v) is 7.40. The van der Waals surface area contributed by atoms with Crippen LogP contribution < -0.4 is 0 Å². The summed E-state index contributed by atoms with van der Waals surface area (Å²) in [4.78, 5) is 0. The van der Waals surface area contributed by atoms with Crippen molar-refractivity contribution in [2.45, 2.75) is 32.6 Å². The summed E-state index contributed by atoms with van der Waals surface area (Å²) in [6.07, 6.45) is 0.730. The highest BCUT2D eigenvalue weighted by molar-refractivity contribution is 7.98. The molecule has 2 nitrogen and oxygen atoms in total. The van der Waals surface area contributed by atoms with Gasteiger partial charge in [0.2, 0.25) is 0 Å². The second-order valence-electron chi connectivity index (χ2n) is 3.55. The Balaban J connectivity index is 2.60. The molecule has 0 bridgehead atoms. The molecule has 58 valence electrons. The van der Waals surface area contributed by atoms with Crippen LogP contribution in [0.1, 0.15) is 27.2 Å². The highest BCUT2D eigenvalue weighted by atomic mass is 32.2. The molecule has 10 heavy (non-hydrogen) atoms. The second-order valence-corrected chi connectivity index (χ2v) is 4.49. The fourth-order valence-electron chi connectivity index (χ4n) is 0.808. The molecule has 0 saturated heterocycles. The van der Waals surface area contributed by atoms with Crippen molar-refractivity contribution in [3.8, 4) is 0 Å². The number of rotatable bonds is 0. The third-order valence-electron chi connectivity index (χ3n) is 1.52. The van der Waals surface area contributed by atoms with Gasteiger partial charge in [0.05, 0.1) is 0 Å². The Labute approximate surface area is 65.9 Å². The molecule has 0 fully saturated rings. The van der Waals surface area contributed by atoms with Gasteiger partial charge < -0.3 is 5.11 Å². The standard InChI is InChI=1S/C7H13NOS/c1-7(2,3)5-4-6(9)10-8-5/h6,9H,4H2,1-3H3. The minimum absolute atomic E-state index is 0.129. The topological polar surface area (TPSA) is 32.6 Å². The molecule has 1 aliphatic rings. The average molecular weight is 159 g/mol. The number of hydrogen-bond acceptors (Lipinski definition) is 3. The van der Waals surface area contributed by atoms with Gasteiger partial charge in [0.1, 0.15) is 5.44 Å². The predicted octanol–water partition coefficient (Wildman–Crippen LogP) is 1.84. The number of aliphatic hydroxyl groups excluding tert-OH is 1. The Kier molecular flexibility index (Phi) is 2.06.